The molecule has 0 aliphatic rings. The zero-order chi connectivity index (χ0) is 11.3. The number of carbonyl (C=O) groups excluding carboxylic acids is 1. The van der Waals surface area contributed by atoms with Crippen LogP contribution < -0.4 is 4.74 Å². The lowest BCUT2D eigenvalue weighted by Crippen LogP contribution is -2.13. The lowest BCUT2D eigenvalue weighted by molar-refractivity contribution is -0.142. The van der Waals surface area contributed by atoms with Crippen molar-refractivity contribution >= 4 is 21.9 Å². The SMILES string of the molecule is C#Cc1cc(Br)ccc1OCC(=O)OC. The third kappa shape index (κ3) is 3.30. The number of carbonyl (C=O) groups is 1. The normalized spacial score (nSPS) is 9.13. The van der Waals surface area contributed by atoms with E-state index in [1.165, 1.54) is 7.11 Å². The molecule has 78 valence electrons. The molecule has 0 aliphatic carbocycles. The summed E-state index contributed by atoms with van der Waals surface area (Å²) in [6, 6.07) is 5.22. The second-order valence-electron chi connectivity index (χ2n) is 2.65. The summed E-state index contributed by atoms with van der Waals surface area (Å²) < 4.78 is 10.5. The predicted molar refractivity (Wildman–Crippen MR) is 59.6 cm³/mol. The van der Waals surface area contributed by atoms with Gasteiger partial charge in [-0.3, -0.25) is 0 Å². The summed E-state index contributed by atoms with van der Waals surface area (Å²) in [6.07, 6.45) is 5.29. The molecule has 15 heavy (non-hydrogen) atoms. The third-order valence-electron chi connectivity index (χ3n) is 1.67. The summed E-state index contributed by atoms with van der Waals surface area (Å²) in [5.74, 6) is 2.52. The van der Waals surface area contributed by atoms with Gasteiger partial charge in [0, 0.05) is 4.47 Å². The molecule has 0 unspecified atom stereocenters. The highest BCUT2D eigenvalue weighted by molar-refractivity contribution is 9.10. The van der Waals surface area contributed by atoms with Gasteiger partial charge in [-0.2, -0.15) is 0 Å². The van der Waals surface area contributed by atoms with Crippen LogP contribution in [0.4, 0.5) is 0 Å². The van der Waals surface area contributed by atoms with Crippen molar-refractivity contribution in [1.29, 1.82) is 0 Å². The van der Waals surface area contributed by atoms with Gasteiger partial charge in [0.05, 0.1) is 12.7 Å². The zero-order valence-electron chi connectivity index (χ0n) is 8.12. The highest BCUT2D eigenvalue weighted by Gasteiger charge is 2.05. The highest BCUT2D eigenvalue weighted by Crippen LogP contribution is 2.22. The molecule has 0 atom stereocenters. The Kier molecular flexibility index (Phi) is 4.19. The van der Waals surface area contributed by atoms with Gasteiger partial charge in [0.1, 0.15) is 5.75 Å². The molecule has 1 aromatic rings. The number of benzene rings is 1. The van der Waals surface area contributed by atoms with Crippen molar-refractivity contribution in [2.75, 3.05) is 13.7 Å². The van der Waals surface area contributed by atoms with E-state index in [1.807, 2.05) is 0 Å². The fourth-order valence-electron chi connectivity index (χ4n) is 0.936. The summed E-state index contributed by atoms with van der Waals surface area (Å²) in [5.41, 5.74) is 0.591. The number of ether oxygens (including phenoxy) is 2. The molecule has 0 aromatic heterocycles. The van der Waals surface area contributed by atoms with Crippen LogP contribution in [0.2, 0.25) is 0 Å². The molecule has 0 fully saturated rings. The van der Waals surface area contributed by atoms with Gasteiger partial charge in [-0.25, -0.2) is 4.79 Å². The predicted octanol–water partition coefficient (Wildman–Crippen LogP) is 1.98. The minimum atomic E-state index is -0.444. The maximum Gasteiger partial charge on any atom is 0.343 e. The van der Waals surface area contributed by atoms with Crippen molar-refractivity contribution in [2.24, 2.45) is 0 Å². The van der Waals surface area contributed by atoms with E-state index in [4.69, 9.17) is 11.2 Å². The Bertz CT molecular complexity index is 407. The number of halogens is 1. The van der Waals surface area contributed by atoms with Crippen molar-refractivity contribution in [3.05, 3.63) is 28.2 Å². The Hall–Kier alpha value is -1.47. The van der Waals surface area contributed by atoms with E-state index >= 15 is 0 Å². The van der Waals surface area contributed by atoms with E-state index < -0.39 is 5.97 Å². The average molecular weight is 269 g/mol. The van der Waals surface area contributed by atoms with Crippen LogP contribution in [0.3, 0.4) is 0 Å². The minimum absolute atomic E-state index is 0.146. The summed E-state index contributed by atoms with van der Waals surface area (Å²) in [6.45, 7) is -0.146. The lowest BCUT2D eigenvalue weighted by Gasteiger charge is -2.07. The molecule has 0 radical (unpaired) electrons. The number of rotatable bonds is 3. The zero-order valence-corrected chi connectivity index (χ0v) is 9.71. The molecular formula is C11H9BrO3. The largest absolute Gasteiger partial charge is 0.481 e. The van der Waals surface area contributed by atoms with Crippen LogP contribution in [0.15, 0.2) is 22.7 Å². The van der Waals surface area contributed by atoms with Gasteiger partial charge in [-0.05, 0) is 18.2 Å². The van der Waals surface area contributed by atoms with Gasteiger partial charge >= 0.3 is 5.97 Å². The van der Waals surface area contributed by atoms with E-state index in [2.05, 4.69) is 26.6 Å². The van der Waals surface area contributed by atoms with Crippen LogP contribution in [-0.2, 0) is 9.53 Å². The van der Waals surface area contributed by atoms with Gasteiger partial charge in [0.25, 0.3) is 0 Å². The number of esters is 1. The van der Waals surface area contributed by atoms with E-state index in [9.17, 15) is 4.79 Å². The Morgan fingerprint density at radius 3 is 2.93 bits per heavy atom. The van der Waals surface area contributed by atoms with Gasteiger partial charge in [-0.15, -0.1) is 6.42 Å². The van der Waals surface area contributed by atoms with Crippen LogP contribution >= 0.6 is 15.9 Å². The Morgan fingerprint density at radius 1 is 1.60 bits per heavy atom. The average Bonchev–Trinajstić information content (AvgIpc) is 2.26. The molecule has 4 heteroatoms. The first kappa shape index (κ1) is 11.6. The van der Waals surface area contributed by atoms with Crippen molar-refractivity contribution < 1.29 is 14.3 Å². The minimum Gasteiger partial charge on any atom is -0.481 e. The van der Waals surface area contributed by atoms with E-state index in [-0.39, 0.29) is 6.61 Å². The van der Waals surface area contributed by atoms with Crippen LogP contribution in [-0.4, -0.2) is 19.7 Å². The smallest absolute Gasteiger partial charge is 0.343 e. The molecule has 0 spiro atoms. The van der Waals surface area contributed by atoms with Crippen molar-refractivity contribution in [1.82, 2.24) is 0 Å². The molecule has 1 aromatic carbocycles. The Morgan fingerprint density at radius 2 is 2.33 bits per heavy atom. The van der Waals surface area contributed by atoms with Gasteiger partial charge in [0.15, 0.2) is 6.61 Å². The number of hydrogen-bond donors (Lipinski definition) is 0. The monoisotopic (exact) mass is 268 g/mol. The highest BCUT2D eigenvalue weighted by atomic mass is 79.9. The number of hydrogen-bond acceptors (Lipinski definition) is 3. The van der Waals surface area contributed by atoms with Crippen molar-refractivity contribution in [3.63, 3.8) is 0 Å². The van der Waals surface area contributed by atoms with Crippen LogP contribution in [0.25, 0.3) is 0 Å². The van der Waals surface area contributed by atoms with Crippen LogP contribution in [0.1, 0.15) is 5.56 Å². The molecule has 0 bridgehead atoms. The van der Waals surface area contributed by atoms with E-state index in [1.54, 1.807) is 18.2 Å². The Labute approximate surface area is 96.5 Å². The molecule has 0 heterocycles. The van der Waals surface area contributed by atoms with Crippen molar-refractivity contribution in [2.45, 2.75) is 0 Å². The molecule has 0 amide bonds. The molecule has 3 nitrogen and oxygen atoms in total. The Balaban J connectivity index is 2.77. The maximum absolute atomic E-state index is 10.8. The molecule has 0 aliphatic heterocycles. The first-order chi connectivity index (χ1) is 7.17. The quantitative estimate of drug-likeness (QED) is 0.621. The first-order valence-corrected chi connectivity index (χ1v) is 4.92. The van der Waals surface area contributed by atoms with Crippen molar-refractivity contribution in [3.8, 4) is 18.1 Å². The standard InChI is InChI=1S/C11H9BrO3/c1-3-8-6-9(12)4-5-10(8)15-7-11(13)14-2/h1,4-6H,7H2,2H3. The maximum atomic E-state index is 10.8. The molecule has 0 saturated heterocycles. The van der Waals surface area contributed by atoms with Crippen LogP contribution in [0.5, 0.6) is 5.75 Å². The van der Waals surface area contributed by atoms with E-state index in [0.29, 0.717) is 11.3 Å². The summed E-state index contributed by atoms with van der Waals surface area (Å²) in [5, 5.41) is 0. The second-order valence-corrected chi connectivity index (χ2v) is 3.57. The number of methoxy groups -OCH3 is 1. The second kappa shape index (κ2) is 5.42. The summed E-state index contributed by atoms with van der Waals surface area (Å²) in [4.78, 5) is 10.8. The fourth-order valence-corrected chi connectivity index (χ4v) is 1.30. The fraction of sp³-hybridized carbons (Fsp3) is 0.182. The van der Waals surface area contributed by atoms with Crippen LogP contribution in [0, 0.1) is 12.3 Å². The molecule has 0 N–H and O–H groups in total. The summed E-state index contributed by atoms with van der Waals surface area (Å²) in [7, 11) is 1.30. The van der Waals surface area contributed by atoms with Gasteiger partial charge < -0.3 is 9.47 Å². The lowest BCUT2D eigenvalue weighted by atomic mass is 10.2. The third-order valence-corrected chi connectivity index (χ3v) is 2.16. The first-order valence-electron chi connectivity index (χ1n) is 4.13. The van der Waals surface area contributed by atoms with E-state index in [0.717, 1.165) is 4.47 Å². The number of terminal acetylenes is 1. The molecule has 1 rings (SSSR count). The summed E-state index contributed by atoms with van der Waals surface area (Å²) >= 11 is 3.29. The molecule has 0 saturated carbocycles. The topological polar surface area (TPSA) is 35.5 Å². The molecular weight excluding hydrogens is 260 g/mol. The van der Waals surface area contributed by atoms with Gasteiger partial charge in [-0.1, -0.05) is 21.9 Å². The van der Waals surface area contributed by atoms with Gasteiger partial charge in [0.2, 0.25) is 0 Å².